The van der Waals surface area contributed by atoms with Crippen molar-refractivity contribution in [3.8, 4) is 0 Å². The molecule has 0 aliphatic carbocycles. The number of H-pyrrole nitrogens is 1. The molecule has 0 unspecified atom stereocenters. The molecule has 0 amide bonds. The maximum absolute atomic E-state index is 12.3. The van der Waals surface area contributed by atoms with E-state index in [1.165, 1.54) is 4.31 Å². The molecule has 2 rings (SSSR count). The molecule has 0 atom stereocenters. The Labute approximate surface area is 171 Å². The van der Waals surface area contributed by atoms with Gasteiger partial charge in [-0.1, -0.05) is 11.6 Å². The molecule has 2 aromatic rings. The Bertz CT molecular complexity index is 1130. The zero-order valence-electron chi connectivity index (χ0n) is 17.4. The lowest BCUT2D eigenvalue weighted by Crippen LogP contribution is -2.42. The monoisotopic (exact) mass is 417 g/mol. The first-order chi connectivity index (χ1) is 13.6. The van der Waals surface area contributed by atoms with Crippen molar-refractivity contribution in [2.75, 3.05) is 6.26 Å². The van der Waals surface area contributed by atoms with E-state index in [0.29, 0.717) is 11.4 Å². The van der Waals surface area contributed by atoms with Gasteiger partial charge in [-0.2, -0.15) is 0 Å². The topological polar surface area (TPSA) is 107 Å². The van der Waals surface area contributed by atoms with Crippen molar-refractivity contribution in [3.63, 3.8) is 0 Å². The summed E-state index contributed by atoms with van der Waals surface area (Å²) in [4.78, 5) is 23.3. The molecule has 1 aromatic heterocycles. The van der Waals surface area contributed by atoms with Crippen molar-refractivity contribution in [1.82, 2.24) is 14.6 Å². The fourth-order valence-corrected chi connectivity index (χ4v) is 4.26. The molecule has 9 heteroatoms. The summed E-state index contributed by atoms with van der Waals surface area (Å²) in [7, 11) is -3.50. The van der Waals surface area contributed by atoms with E-state index in [1.54, 1.807) is 32.9 Å². The molecular weight excluding hydrogens is 390 g/mol. The predicted octanol–water partition coefficient (Wildman–Crippen LogP) is 2.51. The van der Waals surface area contributed by atoms with E-state index in [4.69, 9.17) is 0 Å². The Balaban J connectivity index is 2.32. The van der Waals surface area contributed by atoms with Crippen LogP contribution in [-0.4, -0.2) is 42.7 Å². The largest absolute Gasteiger partial charge is 0.322 e. The van der Waals surface area contributed by atoms with Gasteiger partial charge in [0.2, 0.25) is 16.0 Å². The number of nitrogens with zero attached hydrogens (tertiary/aromatic N) is 3. The lowest BCUT2D eigenvalue weighted by Gasteiger charge is -2.29. The second-order valence-electron chi connectivity index (χ2n) is 6.96. The third kappa shape index (κ3) is 5.54. The molecule has 0 bridgehead atoms. The van der Waals surface area contributed by atoms with Gasteiger partial charge in [0.05, 0.1) is 12.8 Å². The highest BCUT2D eigenvalue weighted by molar-refractivity contribution is 7.88. The number of benzene rings is 1. The highest BCUT2D eigenvalue weighted by Gasteiger charge is 2.23. The Kier molecular flexibility index (Phi) is 6.97. The molecular formula is C20H27N5O3S. The normalized spacial score (nSPS) is 13.0. The quantitative estimate of drug-likeness (QED) is 0.556. The number of sulfonamides is 1. The van der Waals surface area contributed by atoms with Gasteiger partial charge >= 0.3 is 0 Å². The van der Waals surface area contributed by atoms with Gasteiger partial charge in [-0.25, -0.2) is 18.4 Å². The molecule has 0 spiro atoms. The number of aromatic amines is 1. The summed E-state index contributed by atoms with van der Waals surface area (Å²) in [6, 6.07) is 7.26. The molecule has 2 N–H and O–H groups in total. The van der Waals surface area contributed by atoms with Crippen molar-refractivity contribution in [3.05, 3.63) is 57.6 Å². The summed E-state index contributed by atoms with van der Waals surface area (Å²) >= 11 is 0. The summed E-state index contributed by atoms with van der Waals surface area (Å²) in [5.41, 5.74) is 2.07. The third-order valence-corrected chi connectivity index (χ3v) is 5.54. The summed E-state index contributed by atoms with van der Waals surface area (Å²) < 4.78 is 25.5. The third-order valence-electron chi connectivity index (χ3n) is 4.20. The van der Waals surface area contributed by atoms with Crippen LogP contribution >= 0.6 is 0 Å². The van der Waals surface area contributed by atoms with Gasteiger partial charge in [0.1, 0.15) is 5.82 Å². The molecule has 156 valence electrons. The van der Waals surface area contributed by atoms with Gasteiger partial charge in [0, 0.05) is 17.1 Å². The average molecular weight is 418 g/mol. The van der Waals surface area contributed by atoms with Crippen LogP contribution in [0.4, 0.5) is 0 Å². The Morgan fingerprint density at radius 2 is 2.03 bits per heavy atom. The van der Waals surface area contributed by atoms with Gasteiger partial charge in [0.25, 0.3) is 5.56 Å². The molecule has 1 heterocycles. The maximum atomic E-state index is 12.3. The van der Waals surface area contributed by atoms with Crippen molar-refractivity contribution in [1.29, 1.82) is 0 Å². The second kappa shape index (κ2) is 9.04. The fourth-order valence-electron chi connectivity index (χ4n) is 2.99. The number of pyridine rings is 1. The van der Waals surface area contributed by atoms with E-state index in [2.05, 4.69) is 27.0 Å². The number of aromatic nitrogens is 1. The fraction of sp³-hybridized carbons (Fsp3) is 0.350. The van der Waals surface area contributed by atoms with Crippen LogP contribution < -0.4 is 10.9 Å². The van der Waals surface area contributed by atoms with Crippen LogP contribution in [0.1, 0.15) is 31.9 Å². The summed E-state index contributed by atoms with van der Waals surface area (Å²) in [5, 5.41) is 3.80. The molecule has 29 heavy (non-hydrogen) atoms. The van der Waals surface area contributed by atoms with Gasteiger partial charge in [-0.3, -0.25) is 9.10 Å². The van der Waals surface area contributed by atoms with E-state index < -0.39 is 10.0 Å². The molecule has 0 radical (unpaired) electrons. The van der Waals surface area contributed by atoms with E-state index in [1.807, 2.05) is 25.1 Å². The Morgan fingerprint density at radius 1 is 1.34 bits per heavy atom. The summed E-state index contributed by atoms with van der Waals surface area (Å²) in [6.07, 6.45) is 2.75. The standard InChI is InChI=1S/C20H27N5O3S/c1-7-18(25(13(2)3)29(6,27)28)24-20(21-5)22-12-16-11-15-10-14(4)8-9-17(15)23-19(16)26/h7-11,13H,5,12H2,1-4,6H3,(H,22,24)(H,23,26)/b18-7+. The predicted molar refractivity (Wildman–Crippen MR) is 119 cm³/mol. The number of hydrogen-bond acceptors (Lipinski definition) is 4. The van der Waals surface area contributed by atoms with Crippen LogP contribution in [0.15, 0.2) is 50.9 Å². The van der Waals surface area contributed by atoms with Gasteiger partial charge in [-0.15, -0.1) is 0 Å². The smallest absolute Gasteiger partial charge is 0.253 e. The van der Waals surface area contributed by atoms with Gasteiger partial charge < -0.3 is 10.3 Å². The molecule has 0 fully saturated rings. The number of guanidine groups is 1. The highest BCUT2D eigenvalue weighted by atomic mass is 32.2. The molecule has 8 nitrogen and oxygen atoms in total. The molecule has 0 aliphatic rings. The zero-order valence-corrected chi connectivity index (χ0v) is 18.2. The van der Waals surface area contributed by atoms with Crippen molar-refractivity contribution < 1.29 is 8.42 Å². The van der Waals surface area contributed by atoms with Crippen molar-refractivity contribution in [2.24, 2.45) is 9.98 Å². The number of fused-ring (bicyclic) bond motifs is 1. The average Bonchev–Trinajstić information content (AvgIpc) is 2.62. The van der Waals surface area contributed by atoms with Gasteiger partial charge in [0.15, 0.2) is 0 Å². The van der Waals surface area contributed by atoms with Crippen LogP contribution in [0.3, 0.4) is 0 Å². The lowest BCUT2D eigenvalue weighted by molar-refractivity contribution is 0.407. The molecule has 0 saturated heterocycles. The minimum Gasteiger partial charge on any atom is -0.322 e. The minimum absolute atomic E-state index is 0.0676. The zero-order chi connectivity index (χ0) is 21.8. The molecule has 0 aliphatic heterocycles. The number of aliphatic imine (C=N–C) groups is 2. The van der Waals surface area contributed by atoms with Crippen LogP contribution in [-0.2, 0) is 16.6 Å². The van der Waals surface area contributed by atoms with Gasteiger partial charge in [-0.05, 0) is 64.1 Å². The highest BCUT2D eigenvalue weighted by Crippen LogP contribution is 2.14. The number of hydrogen-bond donors (Lipinski definition) is 2. The van der Waals surface area contributed by atoms with Crippen molar-refractivity contribution >= 4 is 33.6 Å². The minimum atomic E-state index is -3.50. The Morgan fingerprint density at radius 3 is 2.59 bits per heavy atom. The molecule has 0 saturated carbocycles. The van der Waals surface area contributed by atoms with Crippen molar-refractivity contribution in [2.45, 2.75) is 40.3 Å². The van der Waals surface area contributed by atoms with Crippen LogP contribution in [0.5, 0.6) is 0 Å². The molecule has 1 aromatic carbocycles. The Hall–Kier alpha value is -2.94. The van der Waals surface area contributed by atoms with Crippen LogP contribution in [0, 0.1) is 6.92 Å². The second-order valence-corrected chi connectivity index (χ2v) is 8.82. The van der Waals surface area contributed by atoms with E-state index in [9.17, 15) is 13.2 Å². The summed E-state index contributed by atoms with van der Waals surface area (Å²) in [6.45, 7) is 10.8. The number of rotatable bonds is 6. The van der Waals surface area contributed by atoms with E-state index >= 15 is 0 Å². The lowest BCUT2D eigenvalue weighted by atomic mass is 10.1. The first-order valence-corrected chi connectivity index (χ1v) is 11.0. The first kappa shape index (κ1) is 22.4. The SMILES string of the molecule is C=NC(=NCc1cc2cc(C)ccc2[nH]c1=O)N/C(=C\C)N(C(C)C)S(C)(=O)=O. The maximum Gasteiger partial charge on any atom is 0.253 e. The number of nitrogens with one attached hydrogen (secondary N) is 2. The summed E-state index contributed by atoms with van der Waals surface area (Å²) in [5.74, 6) is 0.438. The van der Waals surface area contributed by atoms with Crippen LogP contribution in [0.25, 0.3) is 10.9 Å². The van der Waals surface area contributed by atoms with E-state index in [0.717, 1.165) is 22.7 Å². The first-order valence-electron chi connectivity index (χ1n) is 9.13. The number of allylic oxidation sites excluding steroid dienone is 1. The van der Waals surface area contributed by atoms with Crippen LogP contribution in [0.2, 0.25) is 0 Å². The van der Waals surface area contributed by atoms with E-state index in [-0.39, 0.29) is 24.1 Å². The number of aryl methyl sites for hydroxylation is 1.